The lowest BCUT2D eigenvalue weighted by atomic mass is 10.2. The number of nitrogens with two attached hydrogens (primary N) is 1. The topological polar surface area (TPSA) is 50.4 Å². The highest BCUT2D eigenvalue weighted by Gasteiger charge is 2.01. The fraction of sp³-hybridized carbons (Fsp3) is 0.364. The summed E-state index contributed by atoms with van der Waals surface area (Å²) in [6.45, 7) is 3.05. The van der Waals surface area contributed by atoms with Gasteiger partial charge >= 0.3 is 0 Å². The summed E-state index contributed by atoms with van der Waals surface area (Å²) in [5.74, 6) is 0.0801. The van der Waals surface area contributed by atoms with Crippen LogP contribution in [-0.4, -0.2) is 12.5 Å². The Hall–Kier alpha value is -1.10. The first-order valence-electron chi connectivity index (χ1n) is 5.11. The highest BCUT2D eigenvalue weighted by molar-refractivity contribution is 9.10. The van der Waals surface area contributed by atoms with Crippen LogP contribution in [0.4, 0.5) is 4.39 Å². The maximum atomic E-state index is 13.3. The highest BCUT2D eigenvalue weighted by Crippen LogP contribution is 2.16. The lowest BCUT2D eigenvalue weighted by molar-refractivity contribution is 0.610. The molecule has 88 valence electrons. The summed E-state index contributed by atoms with van der Waals surface area (Å²) in [7, 11) is 0. The smallest absolute Gasteiger partial charge is 0.188 e. The molecule has 0 aliphatic carbocycles. The summed E-state index contributed by atoms with van der Waals surface area (Å²) in [5, 5.41) is 2.93. The Balaban J connectivity index is 2.62. The molecule has 0 aliphatic heterocycles. The van der Waals surface area contributed by atoms with Crippen LogP contribution < -0.4 is 11.1 Å². The molecule has 0 unspecified atom stereocenters. The Morgan fingerprint density at radius 1 is 1.56 bits per heavy atom. The van der Waals surface area contributed by atoms with E-state index in [1.54, 1.807) is 12.1 Å². The SMILES string of the molecule is CCCNC(N)=NCc1cc(Br)ccc1F. The van der Waals surface area contributed by atoms with Crippen molar-refractivity contribution in [1.29, 1.82) is 0 Å². The summed E-state index contributed by atoms with van der Waals surface area (Å²) >= 11 is 3.28. The molecule has 1 aromatic carbocycles. The molecule has 3 N–H and O–H groups in total. The summed E-state index contributed by atoms with van der Waals surface area (Å²) < 4.78 is 14.2. The van der Waals surface area contributed by atoms with Crippen LogP contribution in [0.15, 0.2) is 27.7 Å². The molecule has 0 heterocycles. The predicted octanol–water partition coefficient (Wildman–Crippen LogP) is 2.40. The molecule has 0 fully saturated rings. The van der Waals surface area contributed by atoms with Gasteiger partial charge in [-0.1, -0.05) is 22.9 Å². The molecule has 0 saturated heterocycles. The highest BCUT2D eigenvalue weighted by atomic mass is 79.9. The van der Waals surface area contributed by atoms with E-state index >= 15 is 0 Å². The van der Waals surface area contributed by atoms with E-state index in [1.807, 2.05) is 6.92 Å². The number of aliphatic imine (C=N–C) groups is 1. The van der Waals surface area contributed by atoms with Gasteiger partial charge in [-0.25, -0.2) is 9.38 Å². The van der Waals surface area contributed by atoms with Gasteiger partial charge in [0.25, 0.3) is 0 Å². The molecule has 0 aromatic heterocycles. The molecule has 0 saturated carbocycles. The second-order valence-corrected chi connectivity index (χ2v) is 4.28. The number of nitrogens with one attached hydrogen (secondary N) is 1. The first-order valence-corrected chi connectivity index (χ1v) is 5.90. The van der Waals surface area contributed by atoms with Gasteiger partial charge in [0.2, 0.25) is 0 Å². The Kier molecular flexibility index (Phi) is 5.25. The lowest BCUT2D eigenvalue weighted by Gasteiger charge is -2.04. The summed E-state index contributed by atoms with van der Waals surface area (Å²) in [6, 6.07) is 4.76. The number of halogens is 2. The minimum atomic E-state index is -0.268. The van der Waals surface area contributed by atoms with Crippen LogP contribution in [0.25, 0.3) is 0 Å². The third-order valence-electron chi connectivity index (χ3n) is 1.98. The van der Waals surface area contributed by atoms with E-state index in [-0.39, 0.29) is 12.4 Å². The van der Waals surface area contributed by atoms with E-state index in [0.717, 1.165) is 17.4 Å². The molecule has 1 rings (SSSR count). The third kappa shape index (κ3) is 4.18. The number of hydrogen-bond donors (Lipinski definition) is 2. The van der Waals surface area contributed by atoms with Crippen LogP contribution in [0.5, 0.6) is 0 Å². The molecule has 1 aromatic rings. The van der Waals surface area contributed by atoms with Crippen molar-refractivity contribution < 1.29 is 4.39 Å². The van der Waals surface area contributed by atoms with Crippen LogP contribution in [-0.2, 0) is 6.54 Å². The maximum Gasteiger partial charge on any atom is 0.188 e. The molecule has 16 heavy (non-hydrogen) atoms. The molecule has 3 nitrogen and oxygen atoms in total. The quantitative estimate of drug-likeness (QED) is 0.660. The van der Waals surface area contributed by atoms with E-state index in [4.69, 9.17) is 5.73 Å². The second-order valence-electron chi connectivity index (χ2n) is 3.36. The number of guanidine groups is 1. The van der Waals surface area contributed by atoms with E-state index in [0.29, 0.717) is 11.5 Å². The molecular formula is C11H15BrFN3. The Labute approximate surface area is 103 Å². The Morgan fingerprint density at radius 3 is 3.00 bits per heavy atom. The van der Waals surface area contributed by atoms with Crippen LogP contribution in [0.2, 0.25) is 0 Å². The van der Waals surface area contributed by atoms with E-state index < -0.39 is 0 Å². The zero-order valence-electron chi connectivity index (χ0n) is 9.13. The van der Waals surface area contributed by atoms with Gasteiger partial charge in [0.15, 0.2) is 5.96 Å². The molecule has 0 aliphatic rings. The summed E-state index contributed by atoms with van der Waals surface area (Å²) in [5.41, 5.74) is 6.12. The zero-order valence-corrected chi connectivity index (χ0v) is 10.7. The molecule has 0 atom stereocenters. The first-order chi connectivity index (χ1) is 7.63. The van der Waals surface area contributed by atoms with E-state index in [2.05, 4.69) is 26.2 Å². The number of rotatable bonds is 4. The monoisotopic (exact) mass is 287 g/mol. The average Bonchev–Trinajstić information content (AvgIpc) is 2.27. The average molecular weight is 288 g/mol. The standard InChI is InChI=1S/C11H15BrFN3/c1-2-5-15-11(14)16-7-8-6-9(12)3-4-10(8)13/h3-4,6H,2,5,7H2,1H3,(H3,14,15,16). The minimum Gasteiger partial charge on any atom is -0.370 e. The number of nitrogens with zero attached hydrogens (tertiary/aromatic N) is 1. The Morgan fingerprint density at radius 2 is 2.31 bits per heavy atom. The largest absolute Gasteiger partial charge is 0.370 e. The normalized spacial score (nSPS) is 11.6. The van der Waals surface area contributed by atoms with Crippen LogP contribution in [0.3, 0.4) is 0 Å². The predicted molar refractivity (Wildman–Crippen MR) is 67.7 cm³/mol. The van der Waals surface area contributed by atoms with Crippen molar-refractivity contribution in [1.82, 2.24) is 5.32 Å². The van der Waals surface area contributed by atoms with Crippen LogP contribution in [0.1, 0.15) is 18.9 Å². The van der Waals surface area contributed by atoms with Crippen LogP contribution in [0, 0.1) is 5.82 Å². The fourth-order valence-corrected chi connectivity index (χ4v) is 1.55. The Bertz CT molecular complexity index is 379. The fourth-order valence-electron chi connectivity index (χ4n) is 1.14. The van der Waals surface area contributed by atoms with Crippen molar-refractivity contribution in [2.24, 2.45) is 10.7 Å². The maximum absolute atomic E-state index is 13.3. The first kappa shape index (κ1) is 13.0. The molecular weight excluding hydrogens is 273 g/mol. The summed E-state index contributed by atoms with van der Waals surface area (Å²) in [6.07, 6.45) is 0.974. The van der Waals surface area contributed by atoms with Crippen molar-refractivity contribution in [2.45, 2.75) is 19.9 Å². The van der Waals surface area contributed by atoms with Gasteiger partial charge in [-0.15, -0.1) is 0 Å². The van der Waals surface area contributed by atoms with Crippen molar-refractivity contribution in [3.8, 4) is 0 Å². The van der Waals surface area contributed by atoms with Crippen molar-refractivity contribution in [3.63, 3.8) is 0 Å². The van der Waals surface area contributed by atoms with Crippen molar-refractivity contribution in [2.75, 3.05) is 6.54 Å². The van der Waals surface area contributed by atoms with E-state index in [1.165, 1.54) is 6.07 Å². The van der Waals surface area contributed by atoms with Gasteiger partial charge in [-0.3, -0.25) is 0 Å². The summed E-state index contributed by atoms with van der Waals surface area (Å²) in [4.78, 5) is 4.06. The van der Waals surface area contributed by atoms with Gasteiger partial charge in [0.1, 0.15) is 5.82 Å². The molecule has 0 radical (unpaired) electrons. The number of hydrogen-bond acceptors (Lipinski definition) is 1. The lowest BCUT2D eigenvalue weighted by Crippen LogP contribution is -2.32. The number of benzene rings is 1. The molecule has 0 bridgehead atoms. The van der Waals surface area contributed by atoms with Gasteiger partial charge in [-0.05, 0) is 24.6 Å². The van der Waals surface area contributed by atoms with Crippen LogP contribution >= 0.6 is 15.9 Å². The van der Waals surface area contributed by atoms with Gasteiger partial charge < -0.3 is 11.1 Å². The van der Waals surface area contributed by atoms with Gasteiger partial charge in [0, 0.05) is 16.6 Å². The second kappa shape index (κ2) is 6.48. The van der Waals surface area contributed by atoms with Gasteiger partial charge in [-0.2, -0.15) is 0 Å². The zero-order chi connectivity index (χ0) is 12.0. The van der Waals surface area contributed by atoms with Gasteiger partial charge in [0.05, 0.1) is 6.54 Å². The third-order valence-corrected chi connectivity index (χ3v) is 2.48. The van der Waals surface area contributed by atoms with Crippen molar-refractivity contribution in [3.05, 3.63) is 34.1 Å². The molecule has 0 spiro atoms. The molecule has 0 amide bonds. The minimum absolute atomic E-state index is 0.244. The van der Waals surface area contributed by atoms with Crippen molar-refractivity contribution >= 4 is 21.9 Å². The molecule has 5 heteroatoms. The van der Waals surface area contributed by atoms with E-state index in [9.17, 15) is 4.39 Å².